The number of halogens is 1. The van der Waals surface area contributed by atoms with E-state index < -0.39 is 12.1 Å². The molecule has 0 saturated heterocycles. The van der Waals surface area contributed by atoms with E-state index >= 15 is 0 Å². The molecule has 1 amide bonds. The zero-order valence-electron chi connectivity index (χ0n) is 13.2. The Kier molecular flexibility index (Phi) is 5.89. The third kappa shape index (κ3) is 5.39. The van der Waals surface area contributed by atoms with Gasteiger partial charge in [0.05, 0.1) is 6.42 Å². The molecule has 126 valence electrons. The first-order valence-electron chi connectivity index (χ1n) is 7.43. The largest absolute Gasteiger partial charge is 0.481 e. The van der Waals surface area contributed by atoms with Gasteiger partial charge < -0.3 is 15.2 Å². The summed E-state index contributed by atoms with van der Waals surface area (Å²) >= 11 is 0. The van der Waals surface area contributed by atoms with E-state index in [1.807, 2.05) is 0 Å². The van der Waals surface area contributed by atoms with Crippen LogP contribution in [-0.4, -0.2) is 23.1 Å². The summed E-state index contributed by atoms with van der Waals surface area (Å²) in [5.74, 6) is -1.05. The second-order valence-electron chi connectivity index (χ2n) is 5.32. The summed E-state index contributed by atoms with van der Waals surface area (Å²) in [4.78, 5) is 22.6. The Morgan fingerprint density at radius 2 is 1.67 bits per heavy atom. The van der Waals surface area contributed by atoms with Crippen LogP contribution in [0.4, 0.5) is 4.39 Å². The Morgan fingerprint density at radius 1 is 1.08 bits per heavy atom. The Balaban J connectivity index is 1.84. The molecule has 2 N–H and O–H groups in total. The van der Waals surface area contributed by atoms with Crippen molar-refractivity contribution in [3.8, 4) is 5.75 Å². The van der Waals surface area contributed by atoms with E-state index in [2.05, 4.69) is 5.32 Å². The highest BCUT2D eigenvalue weighted by molar-refractivity contribution is 5.80. The van der Waals surface area contributed by atoms with Gasteiger partial charge in [-0.2, -0.15) is 0 Å². The molecule has 6 heteroatoms. The van der Waals surface area contributed by atoms with E-state index in [1.54, 1.807) is 43.3 Å². The molecule has 2 aromatic rings. The van der Waals surface area contributed by atoms with Crippen LogP contribution in [0.25, 0.3) is 0 Å². The monoisotopic (exact) mass is 331 g/mol. The summed E-state index contributed by atoms with van der Waals surface area (Å²) < 4.78 is 18.3. The van der Waals surface area contributed by atoms with E-state index in [1.165, 1.54) is 12.1 Å². The summed E-state index contributed by atoms with van der Waals surface area (Å²) in [6.45, 7) is 1.90. The zero-order valence-corrected chi connectivity index (χ0v) is 13.2. The van der Waals surface area contributed by atoms with Crippen LogP contribution in [0, 0.1) is 5.82 Å². The molecule has 0 heterocycles. The smallest absolute Gasteiger partial charge is 0.307 e. The topological polar surface area (TPSA) is 75.6 Å². The highest BCUT2D eigenvalue weighted by atomic mass is 19.1. The van der Waals surface area contributed by atoms with Crippen LogP contribution in [0.1, 0.15) is 18.1 Å². The molecular weight excluding hydrogens is 313 g/mol. The molecule has 0 aliphatic rings. The van der Waals surface area contributed by atoms with Crippen LogP contribution in [-0.2, 0) is 22.6 Å². The summed E-state index contributed by atoms with van der Waals surface area (Å²) in [7, 11) is 0. The molecule has 24 heavy (non-hydrogen) atoms. The molecule has 0 saturated carbocycles. The quantitative estimate of drug-likeness (QED) is 0.817. The SMILES string of the molecule is CC(Oc1ccc(CC(=O)O)cc1)C(=O)NCc1ccc(F)cc1. The summed E-state index contributed by atoms with van der Waals surface area (Å²) in [5, 5.41) is 11.4. The van der Waals surface area contributed by atoms with Crippen molar-refractivity contribution in [1.29, 1.82) is 0 Å². The van der Waals surface area contributed by atoms with Gasteiger partial charge in [0, 0.05) is 6.54 Å². The number of hydrogen-bond donors (Lipinski definition) is 2. The fourth-order valence-electron chi connectivity index (χ4n) is 2.05. The predicted molar refractivity (Wildman–Crippen MR) is 86.1 cm³/mol. The van der Waals surface area contributed by atoms with Crippen molar-refractivity contribution in [2.45, 2.75) is 26.0 Å². The average molecular weight is 331 g/mol. The van der Waals surface area contributed by atoms with Crippen LogP contribution >= 0.6 is 0 Å². The highest BCUT2D eigenvalue weighted by Crippen LogP contribution is 2.14. The molecule has 1 atom stereocenters. The van der Waals surface area contributed by atoms with E-state index in [-0.39, 0.29) is 24.7 Å². The highest BCUT2D eigenvalue weighted by Gasteiger charge is 2.14. The van der Waals surface area contributed by atoms with E-state index in [0.29, 0.717) is 11.3 Å². The molecule has 5 nitrogen and oxygen atoms in total. The summed E-state index contributed by atoms with van der Waals surface area (Å²) in [6, 6.07) is 12.4. The molecule has 0 aliphatic carbocycles. The Labute approximate surface area is 139 Å². The van der Waals surface area contributed by atoms with Crippen molar-refractivity contribution < 1.29 is 23.8 Å². The number of aliphatic carboxylic acids is 1. The first-order valence-corrected chi connectivity index (χ1v) is 7.43. The van der Waals surface area contributed by atoms with E-state index in [4.69, 9.17) is 9.84 Å². The average Bonchev–Trinajstić information content (AvgIpc) is 2.55. The van der Waals surface area contributed by atoms with Crippen LogP contribution in [0.2, 0.25) is 0 Å². The minimum atomic E-state index is -0.905. The maximum atomic E-state index is 12.8. The van der Waals surface area contributed by atoms with Gasteiger partial charge in [-0.1, -0.05) is 24.3 Å². The van der Waals surface area contributed by atoms with Gasteiger partial charge >= 0.3 is 5.97 Å². The molecule has 1 unspecified atom stereocenters. The number of ether oxygens (including phenoxy) is 1. The second kappa shape index (κ2) is 8.10. The van der Waals surface area contributed by atoms with Crippen molar-refractivity contribution >= 4 is 11.9 Å². The van der Waals surface area contributed by atoms with Gasteiger partial charge in [-0.05, 0) is 42.3 Å². The molecular formula is C18H18FNO4. The number of benzene rings is 2. The van der Waals surface area contributed by atoms with Crippen LogP contribution < -0.4 is 10.1 Å². The predicted octanol–water partition coefficient (Wildman–Crippen LogP) is 2.54. The number of carboxylic acid groups (broad SMARTS) is 1. The van der Waals surface area contributed by atoms with Crippen LogP contribution in [0.3, 0.4) is 0 Å². The van der Waals surface area contributed by atoms with Gasteiger partial charge in [0.2, 0.25) is 0 Å². The van der Waals surface area contributed by atoms with Gasteiger partial charge in [0.15, 0.2) is 6.10 Å². The first-order chi connectivity index (χ1) is 11.4. The van der Waals surface area contributed by atoms with Crippen LogP contribution in [0.15, 0.2) is 48.5 Å². The van der Waals surface area contributed by atoms with Crippen molar-refractivity contribution in [2.75, 3.05) is 0 Å². The number of carbonyl (C=O) groups excluding carboxylic acids is 1. The third-order valence-corrected chi connectivity index (χ3v) is 3.34. The van der Waals surface area contributed by atoms with Crippen molar-refractivity contribution in [3.63, 3.8) is 0 Å². The standard InChI is InChI=1S/C18H18FNO4/c1-12(18(23)20-11-14-2-6-15(19)7-3-14)24-16-8-4-13(5-9-16)10-17(21)22/h2-9,12H,10-11H2,1H3,(H,20,23)(H,21,22). The normalized spacial score (nSPS) is 11.6. The lowest BCUT2D eigenvalue weighted by atomic mass is 10.1. The van der Waals surface area contributed by atoms with Gasteiger partial charge in [-0.3, -0.25) is 9.59 Å². The fourth-order valence-corrected chi connectivity index (χ4v) is 2.05. The molecule has 0 aliphatic heterocycles. The first kappa shape index (κ1) is 17.5. The minimum Gasteiger partial charge on any atom is -0.481 e. The maximum absolute atomic E-state index is 12.8. The molecule has 0 radical (unpaired) electrons. The van der Waals surface area contributed by atoms with Gasteiger partial charge in [-0.15, -0.1) is 0 Å². The number of amides is 1. The number of nitrogens with one attached hydrogen (secondary N) is 1. The van der Waals surface area contributed by atoms with Gasteiger partial charge in [-0.25, -0.2) is 4.39 Å². The van der Waals surface area contributed by atoms with Crippen LogP contribution in [0.5, 0.6) is 5.75 Å². The van der Waals surface area contributed by atoms with Gasteiger partial charge in [0.25, 0.3) is 5.91 Å². The Hall–Kier alpha value is -2.89. The summed E-state index contributed by atoms with van der Waals surface area (Å²) in [6.07, 6.45) is -0.774. The second-order valence-corrected chi connectivity index (χ2v) is 5.32. The lowest BCUT2D eigenvalue weighted by molar-refractivity contribution is -0.136. The summed E-state index contributed by atoms with van der Waals surface area (Å²) in [5.41, 5.74) is 1.44. The molecule has 0 fully saturated rings. The number of carboxylic acids is 1. The van der Waals surface area contributed by atoms with Gasteiger partial charge in [0.1, 0.15) is 11.6 Å². The third-order valence-electron chi connectivity index (χ3n) is 3.34. The number of carbonyl (C=O) groups is 2. The van der Waals surface area contributed by atoms with E-state index in [0.717, 1.165) is 5.56 Å². The molecule has 2 rings (SSSR count). The lowest BCUT2D eigenvalue weighted by Crippen LogP contribution is -2.35. The van der Waals surface area contributed by atoms with Crippen molar-refractivity contribution in [2.24, 2.45) is 0 Å². The Morgan fingerprint density at radius 3 is 2.25 bits per heavy atom. The number of rotatable bonds is 7. The fraction of sp³-hybridized carbons (Fsp3) is 0.222. The molecule has 0 aromatic heterocycles. The number of hydrogen-bond acceptors (Lipinski definition) is 3. The lowest BCUT2D eigenvalue weighted by Gasteiger charge is -2.15. The Bertz CT molecular complexity index is 698. The molecule has 0 spiro atoms. The minimum absolute atomic E-state index is 0.0615. The van der Waals surface area contributed by atoms with E-state index in [9.17, 15) is 14.0 Å². The molecule has 0 bridgehead atoms. The van der Waals surface area contributed by atoms with Crippen molar-refractivity contribution in [3.05, 3.63) is 65.5 Å². The molecule has 2 aromatic carbocycles. The maximum Gasteiger partial charge on any atom is 0.307 e. The van der Waals surface area contributed by atoms with Crippen molar-refractivity contribution in [1.82, 2.24) is 5.32 Å². The zero-order chi connectivity index (χ0) is 17.5.